The van der Waals surface area contributed by atoms with Gasteiger partial charge < -0.3 is 5.32 Å². The molecule has 1 heterocycles. The zero-order valence-electron chi connectivity index (χ0n) is 9.44. The van der Waals surface area contributed by atoms with Gasteiger partial charge >= 0.3 is 0 Å². The van der Waals surface area contributed by atoms with Gasteiger partial charge in [-0.1, -0.05) is 19.3 Å². The fourth-order valence-corrected chi connectivity index (χ4v) is 4.31. The summed E-state index contributed by atoms with van der Waals surface area (Å²) in [7, 11) is -2.94. The minimum atomic E-state index is -2.94. The average Bonchev–Trinajstić information content (AvgIpc) is 2.60. The first kappa shape index (κ1) is 11.9. The van der Waals surface area contributed by atoms with E-state index in [-0.39, 0.29) is 29.4 Å². The third-order valence-electron chi connectivity index (χ3n) is 3.55. The molecule has 1 N–H and O–H groups in total. The summed E-state index contributed by atoms with van der Waals surface area (Å²) in [5.41, 5.74) is 0. The van der Waals surface area contributed by atoms with Gasteiger partial charge in [0.15, 0.2) is 9.84 Å². The summed E-state index contributed by atoms with van der Waals surface area (Å²) in [5, 5.41) is 3.00. The smallest absolute Gasteiger partial charge is 0.224 e. The van der Waals surface area contributed by atoms with Crippen LogP contribution in [0.1, 0.15) is 38.5 Å². The van der Waals surface area contributed by atoms with Crippen molar-refractivity contribution in [2.75, 3.05) is 11.5 Å². The van der Waals surface area contributed by atoms with Gasteiger partial charge in [0.1, 0.15) is 0 Å². The zero-order valence-corrected chi connectivity index (χ0v) is 10.3. The molecule has 5 heteroatoms. The summed E-state index contributed by atoms with van der Waals surface area (Å²) in [6.07, 6.45) is 6.20. The molecule has 0 bridgehead atoms. The Kier molecular flexibility index (Phi) is 3.52. The number of hydrogen-bond donors (Lipinski definition) is 1. The van der Waals surface area contributed by atoms with Gasteiger partial charge in [-0.2, -0.15) is 0 Å². The van der Waals surface area contributed by atoms with Crippen molar-refractivity contribution in [1.29, 1.82) is 0 Å². The molecule has 0 aromatic carbocycles. The Hall–Kier alpha value is -0.580. The van der Waals surface area contributed by atoms with E-state index in [4.69, 9.17) is 0 Å². The molecule has 1 amide bonds. The van der Waals surface area contributed by atoms with E-state index in [2.05, 4.69) is 5.32 Å². The molecule has 1 aliphatic carbocycles. The van der Waals surface area contributed by atoms with Crippen LogP contribution in [0.25, 0.3) is 0 Å². The largest absolute Gasteiger partial charge is 0.353 e. The standard InChI is InChI=1S/C11H19NO3S/c13-11(9-6-7-16(14,15)8-9)12-10-4-2-1-3-5-10/h9-10H,1-8H2,(H,12,13)/t9-/m1/s1. The lowest BCUT2D eigenvalue weighted by atomic mass is 9.95. The predicted molar refractivity (Wildman–Crippen MR) is 61.8 cm³/mol. The molecule has 92 valence electrons. The summed E-state index contributed by atoms with van der Waals surface area (Å²) in [6.45, 7) is 0. The molecule has 2 rings (SSSR count). The topological polar surface area (TPSA) is 63.2 Å². The van der Waals surface area contributed by atoms with Crippen LogP contribution in [0.4, 0.5) is 0 Å². The van der Waals surface area contributed by atoms with Gasteiger partial charge in [-0.25, -0.2) is 8.42 Å². The van der Waals surface area contributed by atoms with E-state index in [9.17, 15) is 13.2 Å². The van der Waals surface area contributed by atoms with Gasteiger partial charge in [-0.3, -0.25) is 4.79 Å². The van der Waals surface area contributed by atoms with Crippen molar-refractivity contribution in [2.45, 2.75) is 44.6 Å². The Morgan fingerprint density at radius 2 is 1.75 bits per heavy atom. The van der Waals surface area contributed by atoms with Crippen molar-refractivity contribution >= 4 is 15.7 Å². The average molecular weight is 245 g/mol. The van der Waals surface area contributed by atoms with Gasteiger partial charge in [-0.05, 0) is 19.3 Å². The van der Waals surface area contributed by atoms with Crippen LogP contribution in [0.5, 0.6) is 0 Å². The maximum absolute atomic E-state index is 11.8. The normalized spacial score (nSPS) is 30.1. The van der Waals surface area contributed by atoms with Gasteiger partial charge in [-0.15, -0.1) is 0 Å². The number of carbonyl (C=O) groups is 1. The van der Waals surface area contributed by atoms with E-state index in [0.717, 1.165) is 12.8 Å². The SMILES string of the molecule is O=C(NC1CCCCC1)[C@@H]1CCS(=O)(=O)C1. The van der Waals surface area contributed by atoms with Crippen molar-refractivity contribution in [3.05, 3.63) is 0 Å². The van der Waals surface area contributed by atoms with Crippen LogP contribution in [0.2, 0.25) is 0 Å². The summed E-state index contributed by atoms with van der Waals surface area (Å²) in [6, 6.07) is 0.282. The molecule has 1 aliphatic heterocycles. The first-order chi connectivity index (χ1) is 7.57. The highest BCUT2D eigenvalue weighted by molar-refractivity contribution is 7.91. The van der Waals surface area contributed by atoms with E-state index in [1.54, 1.807) is 0 Å². The summed E-state index contributed by atoms with van der Waals surface area (Å²) >= 11 is 0. The molecule has 0 aromatic rings. The molecule has 0 radical (unpaired) electrons. The number of carbonyl (C=O) groups excluding carboxylic acids is 1. The fourth-order valence-electron chi connectivity index (χ4n) is 2.57. The second kappa shape index (κ2) is 4.73. The van der Waals surface area contributed by atoms with Crippen molar-refractivity contribution in [1.82, 2.24) is 5.32 Å². The van der Waals surface area contributed by atoms with Crippen LogP contribution in [-0.4, -0.2) is 31.9 Å². The van der Waals surface area contributed by atoms with Crippen LogP contribution in [0.3, 0.4) is 0 Å². The van der Waals surface area contributed by atoms with Crippen LogP contribution in [0, 0.1) is 5.92 Å². The Balaban J connectivity index is 1.84. The van der Waals surface area contributed by atoms with E-state index >= 15 is 0 Å². The molecule has 1 atom stereocenters. The highest BCUT2D eigenvalue weighted by atomic mass is 32.2. The molecule has 0 unspecified atom stereocenters. The fraction of sp³-hybridized carbons (Fsp3) is 0.909. The second-order valence-electron chi connectivity index (χ2n) is 4.94. The first-order valence-corrected chi connectivity index (χ1v) is 7.90. The number of nitrogens with one attached hydrogen (secondary N) is 1. The number of sulfone groups is 1. The Bertz CT molecular complexity index is 357. The zero-order chi connectivity index (χ0) is 11.6. The third-order valence-corrected chi connectivity index (χ3v) is 5.32. The lowest BCUT2D eigenvalue weighted by molar-refractivity contribution is -0.125. The molecule has 4 nitrogen and oxygen atoms in total. The van der Waals surface area contributed by atoms with Gasteiger partial charge in [0, 0.05) is 6.04 Å². The molecule has 0 aromatic heterocycles. The number of rotatable bonds is 2. The lowest BCUT2D eigenvalue weighted by Crippen LogP contribution is -2.40. The van der Waals surface area contributed by atoms with Gasteiger partial charge in [0.2, 0.25) is 5.91 Å². The first-order valence-electron chi connectivity index (χ1n) is 6.08. The third kappa shape index (κ3) is 2.97. The van der Waals surface area contributed by atoms with E-state index in [1.165, 1.54) is 19.3 Å². The molecule has 2 fully saturated rings. The van der Waals surface area contributed by atoms with Crippen molar-refractivity contribution < 1.29 is 13.2 Å². The Labute approximate surface area is 96.7 Å². The molecular formula is C11H19NO3S. The van der Waals surface area contributed by atoms with Crippen molar-refractivity contribution in [3.63, 3.8) is 0 Å². The summed E-state index contributed by atoms with van der Waals surface area (Å²) in [5.74, 6) is -0.124. The lowest BCUT2D eigenvalue weighted by Gasteiger charge is -2.24. The number of hydrogen-bond acceptors (Lipinski definition) is 3. The molecular weight excluding hydrogens is 226 g/mol. The molecule has 1 saturated heterocycles. The minimum Gasteiger partial charge on any atom is -0.353 e. The van der Waals surface area contributed by atoms with E-state index < -0.39 is 9.84 Å². The quantitative estimate of drug-likeness (QED) is 0.785. The predicted octanol–water partition coefficient (Wildman–Crippen LogP) is 0.870. The number of amides is 1. The van der Waals surface area contributed by atoms with Crippen LogP contribution >= 0.6 is 0 Å². The van der Waals surface area contributed by atoms with Gasteiger partial charge in [0.25, 0.3) is 0 Å². The van der Waals surface area contributed by atoms with Gasteiger partial charge in [0.05, 0.1) is 17.4 Å². The van der Waals surface area contributed by atoms with Crippen molar-refractivity contribution in [3.8, 4) is 0 Å². The minimum absolute atomic E-state index is 0.0472. The van der Waals surface area contributed by atoms with Crippen molar-refractivity contribution in [2.24, 2.45) is 5.92 Å². The summed E-state index contributed by atoms with van der Waals surface area (Å²) < 4.78 is 22.5. The Morgan fingerprint density at radius 1 is 1.06 bits per heavy atom. The van der Waals surface area contributed by atoms with Crippen LogP contribution in [0.15, 0.2) is 0 Å². The summed E-state index contributed by atoms with van der Waals surface area (Å²) in [4.78, 5) is 11.8. The second-order valence-corrected chi connectivity index (χ2v) is 7.17. The highest BCUT2D eigenvalue weighted by Crippen LogP contribution is 2.21. The van der Waals surface area contributed by atoms with E-state index in [0.29, 0.717) is 6.42 Å². The monoisotopic (exact) mass is 245 g/mol. The van der Waals surface area contributed by atoms with E-state index in [1.807, 2.05) is 0 Å². The van der Waals surface area contributed by atoms with Crippen LogP contribution in [-0.2, 0) is 14.6 Å². The maximum atomic E-state index is 11.8. The Morgan fingerprint density at radius 3 is 2.31 bits per heavy atom. The maximum Gasteiger partial charge on any atom is 0.224 e. The molecule has 2 aliphatic rings. The molecule has 1 saturated carbocycles. The highest BCUT2D eigenvalue weighted by Gasteiger charge is 2.33. The van der Waals surface area contributed by atoms with Crippen LogP contribution < -0.4 is 5.32 Å². The molecule has 0 spiro atoms. The molecule has 16 heavy (non-hydrogen) atoms.